The van der Waals surface area contributed by atoms with Gasteiger partial charge in [-0.1, -0.05) is 24.4 Å². The van der Waals surface area contributed by atoms with Gasteiger partial charge in [0, 0.05) is 25.3 Å². The van der Waals surface area contributed by atoms with Crippen molar-refractivity contribution in [1.82, 2.24) is 10.3 Å². The summed E-state index contributed by atoms with van der Waals surface area (Å²) in [5.74, 6) is 0.726. The van der Waals surface area contributed by atoms with Crippen LogP contribution < -0.4 is 15.0 Å². The Balaban J connectivity index is 1.67. The number of hydrogen-bond acceptors (Lipinski definition) is 4. The molecule has 1 aliphatic rings. The number of rotatable bonds is 4. The van der Waals surface area contributed by atoms with Crippen LogP contribution in [0.25, 0.3) is 0 Å². The van der Waals surface area contributed by atoms with Crippen molar-refractivity contribution in [3.05, 3.63) is 52.8 Å². The third kappa shape index (κ3) is 3.37. The van der Waals surface area contributed by atoms with Gasteiger partial charge in [-0.05, 0) is 30.7 Å². The lowest BCUT2D eigenvalue weighted by Gasteiger charge is -2.21. The van der Waals surface area contributed by atoms with Gasteiger partial charge >= 0.3 is 0 Å². The SMILES string of the molecule is COc1ccccc1N1CCC(NC(=O)c2ccc[nH]c2=S)C1. The number of anilines is 1. The Bertz CT molecular complexity index is 759. The quantitative estimate of drug-likeness (QED) is 0.847. The van der Waals surface area contributed by atoms with Crippen molar-refractivity contribution in [1.29, 1.82) is 0 Å². The monoisotopic (exact) mass is 329 g/mol. The second kappa shape index (κ2) is 6.83. The number of hydrogen-bond donors (Lipinski definition) is 2. The maximum atomic E-state index is 12.3. The van der Waals surface area contributed by atoms with Crippen LogP contribution in [0, 0.1) is 4.64 Å². The normalized spacial score (nSPS) is 17.1. The summed E-state index contributed by atoms with van der Waals surface area (Å²) in [6.07, 6.45) is 2.62. The van der Waals surface area contributed by atoms with E-state index in [0.29, 0.717) is 10.2 Å². The first-order valence-electron chi connectivity index (χ1n) is 7.55. The van der Waals surface area contributed by atoms with Crippen molar-refractivity contribution < 1.29 is 9.53 Å². The van der Waals surface area contributed by atoms with Gasteiger partial charge in [0.15, 0.2) is 0 Å². The maximum absolute atomic E-state index is 12.3. The highest BCUT2D eigenvalue weighted by Crippen LogP contribution is 2.30. The molecule has 0 radical (unpaired) electrons. The topological polar surface area (TPSA) is 57.4 Å². The third-order valence-electron chi connectivity index (χ3n) is 4.01. The molecule has 1 amide bonds. The smallest absolute Gasteiger partial charge is 0.254 e. The Kier molecular flexibility index (Phi) is 4.62. The first kappa shape index (κ1) is 15.6. The molecule has 5 nitrogen and oxygen atoms in total. The fourth-order valence-electron chi connectivity index (χ4n) is 2.85. The number of para-hydroxylation sites is 2. The molecule has 0 spiro atoms. The third-order valence-corrected chi connectivity index (χ3v) is 4.35. The molecule has 1 aromatic heterocycles. The van der Waals surface area contributed by atoms with Gasteiger partial charge < -0.3 is 19.9 Å². The van der Waals surface area contributed by atoms with Crippen LogP contribution in [0.2, 0.25) is 0 Å². The zero-order valence-electron chi connectivity index (χ0n) is 12.9. The summed E-state index contributed by atoms with van der Waals surface area (Å²) in [5.41, 5.74) is 1.57. The number of H-pyrrole nitrogens is 1. The molecule has 3 rings (SSSR count). The van der Waals surface area contributed by atoms with E-state index < -0.39 is 0 Å². The molecule has 23 heavy (non-hydrogen) atoms. The number of carbonyl (C=O) groups excluding carboxylic acids is 1. The van der Waals surface area contributed by atoms with Crippen molar-refractivity contribution >= 4 is 23.8 Å². The zero-order chi connectivity index (χ0) is 16.2. The van der Waals surface area contributed by atoms with Crippen molar-refractivity contribution in [2.75, 3.05) is 25.1 Å². The van der Waals surface area contributed by atoms with E-state index in [1.54, 1.807) is 25.4 Å². The number of nitrogens with zero attached hydrogens (tertiary/aromatic N) is 1. The molecular weight excluding hydrogens is 310 g/mol. The van der Waals surface area contributed by atoms with E-state index in [1.165, 1.54) is 0 Å². The minimum Gasteiger partial charge on any atom is -0.495 e. The fraction of sp³-hybridized carbons (Fsp3) is 0.294. The predicted molar refractivity (Wildman–Crippen MR) is 92.7 cm³/mol. The summed E-state index contributed by atoms with van der Waals surface area (Å²) in [6.45, 7) is 1.64. The molecule has 6 heteroatoms. The summed E-state index contributed by atoms with van der Waals surface area (Å²) in [6, 6.07) is 11.5. The standard InChI is InChI=1S/C17H19N3O2S/c1-22-15-7-3-2-6-14(15)20-10-8-12(11-20)19-16(21)13-5-4-9-18-17(13)23/h2-7,9,12H,8,10-11H2,1H3,(H,18,23)(H,19,21). The highest BCUT2D eigenvalue weighted by Gasteiger charge is 2.26. The van der Waals surface area contributed by atoms with Gasteiger partial charge in [0.2, 0.25) is 0 Å². The number of ether oxygens (including phenoxy) is 1. The minimum absolute atomic E-state index is 0.0991. The number of pyridine rings is 1. The van der Waals surface area contributed by atoms with Gasteiger partial charge in [-0.25, -0.2) is 0 Å². The minimum atomic E-state index is -0.126. The Labute approximate surface area is 140 Å². The number of benzene rings is 1. The lowest BCUT2D eigenvalue weighted by atomic mass is 10.2. The number of methoxy groups -OCH3 is 1. The van der Waals surface area contributed by atoms with Crippen LogP contribution in [0.4, 0.5) is 5.69 Å². The van der Waals surface area contributed by atoms with Gasteiger partial charge in [0.05, 0.1) is 18.4 Å². The molecule has 1 atom stereocenters. The molecule has 0 saturated carbocycles. The predicted octanol–water partition coefficient (Wildman–Crippen LogP) is 2.76. The molecular formula is C17H19N3O2S. The van der Waals surface area contributed by atoms with Crippen LogP contribution >= 0.6 is 12.2 Å². The number of carbonyl (C=O) groups is 1. The Morgan fingerprint density at radius 1 is 1.35 bits per heavy atom. The zero-order valence-corrected chi connectivity index (χ0v) is 13.7. The van der Waals surface area contributed by atoms with E-state index in [1.807, 2.05) is 24.3 Å². The Hall–Kier alpha value is -2.34. The molecule has 1 saturated heterocycles. The van der Waals surface area contributed by atoms with E-state index in [-0.39, 0.29) is 11.9 Å². The number of aromatic nitrogens is 1. The lowest BCUT2D eigenvalue weighted by Crippen LogP contribution is -2.37. The molecule has 1 aliphatic heterocycles. The number of nitrogens with one attached hydrogen (secondary N) is 2. The fourth-order valence-corrected chi connectivity index (χ4v) is 3.08. The maximum Gasteiger partial charge on any atom is 0.254 e. The van der Waals surface area contributed by atoms with Crippen LogP contribution in [0.1, 0.15) is 16.8 Å². The summed E-state index contributed by atoms with van der Waals surface area (Å²) in [4.78, 5) is 17.5. The first-order chi connectivity index (χ1) is 11.2. The number of aromatic amines is 1. The highest BCUT2D eigenvalue weighted by molar-refractivity contribution is 7.71. The van der Waals surface area contributed by atoms with E-state index in [9.17, 15) is 4.79 Å². The Morgan fingerprint density at radius 2 is 2.17 bits per heavy atom. The van der Waals surface area contributed by atoms with E-state index in [0.717, 1.165) is 30.9 Å². The summed E-state index contributed by atoms with van der Waals surface area (Å²) < 4.78 is 5.87. The molecule has 1 unspecified atom stereocenters. The van der Waals surface area contributed by atoms with Crippen molar-refractivity contribution in [2.24, 2.45) is 0 Å². The lowest BCUT2D eigenvalue weighted by molar-refractivity contribution is 0.0939. The first-order valence-corrected chi connectivity index (χ1v) is 7.96. The highest BCUT2D eigenvalue weighted by atomic mass is 32.1. The van der Waals surface area contributed by atoms with E-state index >= 15 is 0 Å². The van der Waals surface area contributed by atoms with Crippen LogP contribution in [0.15, 0.2) is 42.6 Å². The molecule has 0 aliphatic carbocycles. The van der Waals surface area contributed by atoms with Crippen molar-refractivity contribution in [3.8, 4) is 5.75 Å². The van der Waals surface area contributed by atoms with Gasteiger partial charge in [0.25, 0.3) is 5.91 Å². The molecule has 2 N–H and O–H groups in total. The van der Waals surface area contributed by atoms with Crippen LogP contribution in [-0.2, 0) is 0 Å². The van der Waals surface area contributed by atoms with Crippen LogP contribution in [0.3, 0.4) is 0 Å². The second-order valence-corrected chi connectivity index (χ2v) is 5.90. The molecule has 1 fully saturated rings. The van der Waals surface area contributed by atoms with E-state index in [2.05, 4.69) is 15.2 Å². The van der Waals surface area contributed by atoms with Gasteiger partial charge in [0.1, 0.15) is 10.4 Å². The van der Waals surface area contributed by atoms with Gasteiger partial charge in [-0.3, -0.25) is 4.79 Å². The second-order valence-electron chi connectivity index (χ2n) is 5.49. The summed E-state index contributed by atoms with van der Waals surface area (Å²) in [5, 5.41) is 3.07. The summed E-state index contributed by atoms with van der Waals surface area (Å²) in [7, 11) is 1.67. The molecule has 120 valence electrons. The number of amides is 1. The average Bonchev–Trinajstić information content (AvgIpc) is 3.03. The Morgan fingerprint density at radius 3 is 2.96 bits per heavy atom. The largest absolute Gasteiger partial charge is 0.495 e. The average molecular weight is 329 g/mol. The van der Waals surface area contributed by atoms with Gasteiger partial charge in [-0.2, -0.15) is 0 Å². The van der Waals surface area contributed by atoms with Crippen molar-refractivity contribution in [2.45, 2.75) is 12.5 Å². The van der Waals surface area contributed by atoms with Gasteiger partial charge in [-0.15, -0.1) is 0 Å². The summed E-state index contributed by atoms with van der Waals surface area (Å²) >= 11 is 5.16. The van der Waals surface area contributed by atoms with E-state index in [4.69, 9.17) is 17.0 Å². The molecule has 0 bridgehead atoms. The van der Waals surface area contributed by atoms with Crippen LogP contribution in [0.5, 0.6) is 5.75 Å². The van der Waals surface area contributed by atoms with Crippen LogP contribution in [-0.4, -0.2) is 37.1 Å². The molecule has 1 aromatic carbocycles. The molecule has 2 heterocycles. The van der Waals surface area contributed by atoms with Crippen molar-refractivity contribution in [3.63, 3.8) is 0 Å². The molecule has 2 aromatic rings.